The molecule has 98 valence electrons. The van der Waals surface area contributed by atoms with Crippen LogP contribution >= 0.6 is 0 Å². The fraction of sp³-hybridized carbons (Fsp3) is 0.462. The molecule has 1 aromatic rings. The average Bonchev–Trinajstić information content (AvgIpc) is 2.83. The van der Waals surface area contributed by atoms with Gasteiger partial charge in [-0.2, -0.15) is 0 Å². The molecule has 0 spiro atoms. The minimum Gasteiger partial charge on any atom is -0.496 e. The number of rotatable bonds is 3. The molecule has 0 unspecified atom stereocenters. The third kappa shape index (κ3) is 2.32. The van der Waals surface area contributed by atoms with E-state index in [1.54, 1.807) is 30.1 Å². The Kier molecular flexibility index (Phi) is 3.84. The number of β-amino-alcohol motifs (C(OH)–C–C–N with tert-alkyl or cyclic N) is 1. The molecule has 1 heterocycles. The second kappa shape index (κ2) is 5.37. The van der Waals surface area contributed by atoms with E-state index in [9.17, 15) is 9.90 Å². The molecule has 2 rings (SSSR count). The Morgan fingerprint density at radius 3 is 2.78 bits per heavy atom. The molecule has 5 heteroatoms. The number of carbonyl (C=O) groups is 1. The average molecular weight is 250 g/mol. The lowest BCUT2D eigenvalue weighted by Gasteiger charge is -2.27. The summed E-state index contributed by atoms with van der Waals surface area (Å²) >= 11 is 0. The minimum absolute atomic E-state index is 0.139. The maximum Gasteiger partial charge on any atom is 0.257 e. The Balaban J connectivity index is 2.20. The standard InChI is InChI=1S/C13H18N2O3/c1-15(10-7-14-8-11(10)16)13(17)9-5-3-4-6-12(9)18-2/h3-6,10-11,14,16H,7-8H2,1-2H3/t10-,11-/m0/s1. The van der Waals surface area contributed by atoms with E-state index >= 15 is 0 Å². The quantitative estimate of drug-likeness (QED) is 0.798. The van der Waals surface area contributed by atoms with Gasteiger partial charge < -0.3 is 20.1 Å². The fourth-order valence-corrected chi connectivity index (χ4v) is 2.21. The van der Waals surface area contributed by atoms with Crippen molar-refractivity contribution in [1.29, 1.82) is 0 Å². The lowest BCUT2D eigenvalue weighted by molar-refractivity contribution is 0.0578. The molecule has 5 nitrogen and oxygen atoms in total. The monoisotopic (exact) mass is 250 g/mol. The minimum atomic E-state index is -0.520. The molecule has 1 aromatic carbocycles. The highest BCUT2D eigenvalue weighted by atomic mass is 16.5. The lowest BCUT2D eigenvalue weighted by atomic mass is 10.1. The van der Waals surface area contributed by atoms with Gasteiger partial charge in [-0.05, 0) is 12.1 Å². The van der Waals surface area contributed by atoms with Crippen LogP contribution in [0.5, 0.6) is 5.75 Å². The van der Waals surface area contributed by atoms with Crippen LogP contribution in [-0.4, -0.2) is 55.3 Å². The van der Waals surface area contributed by atoms with Gasteiger partial charge in [-0.15, -0.1) is 0 Å². The van der Waals surface area contributed by atoms with Crippen LogP contribution in [0.15, 0.2) is 24.3 Å². The van der Waals surface area contributed by atoms with Crippen LogP contribution in [0.25, 0.3) is 0 Å². The van der Waals surface area contributed by atoms with Gasteiger partial charge in [-0.1, -0.05) is 12.1 Å². The second-order valence-corrected chi connectivity index (χ2v) is 4.41. The van der Waals surface area contributed by atoms with Gasteiger partial charge in [0.25, 0.3) is 5.91 Å². The van der Waals surface area contributed by atoms with E-state index in [1.807, 2.05) is 6.07 Å². The van der Waals surface area contributed by atoms with E-state index in [0.717, 1.165) is 0 Å². The molecule has 1 amide bonds. The van der Waals surface area contributed by atoms with Crippen LogP contribution < -0.4 is 10.1 Å². The molecule has 0 aromatic heterocycles. The zero-order chi connectivity index (χ0) is 13.1. The number of ether oxygens (including phenoxy) is 1. The topological polar surface area (TPSA) is 61.8 Å². The first kappa shape index (κ1) is 12.9. The van der Waals surface area contributed by atoms with E-state index in [1.165, 1.54) is 7.11 Å². The number of aliphatic hydroxyl groups is 1. The summed E-state index contributed by atoms with van der Waals surface area (Å²) in [6, 6.07) is 6.91. The van der Waals surface area contributed by atoms with Crippen molar-refractivity contribution in [3.05, 3.63) is 29.8 Å². The van der Waals surface area contributed by atoms with Gasteiger partial charge in [0.1, 0.15) is 5.75 Å². The molecule has 2 atom stereocenters. The molecule has 2 N–H and O–H groups in total. The van der Waals surface area contributed by atoms with E-state index in [0.29, 0.717) is 24.4 Å². The molecule has 0 saturated carbocycles. The molecule has 0 aliphatic carbocycles. The van der Waals surface area contributed by atoms with Gasteiger partial charge in [0.05, 0.1) is 24.8 Å². The molecule has 1 aliphatic rings. The number of nitrogens with zero attached hydrogens (tertiary/aromatic N) is 1. The predicted molar refractivity (Wildman–Crippen MR) is 67.8 cm³/mol. The summed E-state index contributed by atoms with van der Waals surface area (Å²) in [6.45, 7) is 1.13. The summed E-state index contributed by atoms with van der Waals surface area (Å²) in [4.78, 5) is 13.9. The Morgan fingerprint density at radius 1 is 1.44 bits per heavy atom. The molecule has 1 saturated heterocycles. The number of nitrogens with one attached hydrogen (secondary N) is 1. The number of amides is 1. The first-order valence-electron chi connectivity index (χ1n) is 5.94. The van der Waals surface area contributed by atoms with Crippen molar-refractivity contribution in [3.8, 4) is 5.75 Å². The summed E-state index contributed by atoms with van der Waals surface area (Å²) < 4.78 is 5.18. The second-order valence-electron chi connectivity index (χ2n) is 4.41. The highest BCUT2D eigenvalue weighted by Crippen LogP contribution is 2.20. The van der Waals surface area contributed by atoms with Gasteiger partial charge in [-0.3, -0.25) is 4.79 Å². The zero-order valence-electron chi connectivity index (χ0n) is 10.6. The molecule has 0 bridgehead atoms. The maximum atomic E-state index is 12.4. The van der Waals surface area contributed by atoms with Gasteiger partial charge in [0, 0.05) is 20.1 Å². The predicted octanol–water partition coefficient (Wildman–Crippen LogP) is 0.0999. The molecular formula is C13H18N2O3. The number of carbonyl (C=O) groups excluding carboxylic acids is 1. The van der Waals surface area contributed by atoms with Crippen LogP contribution in [0.1, 0.15) is 10.4 Å². The molecule has 18 heavy (non-hydrogen) atoms. The Labute approximate surface area is 106 Å². The SMILES string of the molecule is COc1ccccc1C(=O)N(C)[C@H]1CNC[C@@H]1O. The number of para-hydroxylation sites is 1. The van der Waals surface area contributed by atoms with E-state index in [2.05, 4.69) is 5.32 Å². The lowest BCUT2D eigenvalue weighted by Crippen LogP contribution is -2.44. The summed E-state index contributed by atoms with van der Waals surface area (Å²) in [5, 5.41) is 12.9. The Bertz CT molecular complexity index is 436. The summed E-state index contributed by atoms with van der Waals surface area (Å²) in [5.74, 6) is 0.412. The number of benzene rings is 1. The highest BCUT2D eigenvalue weighted by molar-refractivity contribution is 5.97. The Hall–Kier alpha value is -1.59. The number of hydrogen-bond donors (Lipinski definition) is 2. The molecule has 0 radical (unpaired) electrons. The van der Waals surface area contributed by atoms with Crippen LogP contribution in [0.3, 0.4) is 0 Å². The summed E-state index contributed by atoms with van der Waals surface area (Å²) in [7, 11) is 3.24. The van der Waals surface area contributed by atoms with E-state index in [4.69, 9.17) is 4.74 Å². The van der Waals surface area contributed by atoms with Crippen molar-refractivity contribution < 1.29 is 14.6 Å². The van der Waals surface area contributed by atoms with Crippen LogP contribution in [0.4, 0.5) is 0 Å². The largest absolute Gasteiger partial charge is 0.496 e. The smallest absolute Gasteiger partial charge is 0.257 e. The van der Waals surface area contributed by atoms with Crippen molar-refractivity contribution in [1.82, 2.24) is 10.2 Å². The maximum absolute atomic E-state index is 12.4. The van der Waals surface area contributed by atoms with Gasteiger partial charge in [-0.25, -0.2) is 0 Å². The van der Waals surface area contributed by atoms with Gasteiger partial charge >= 0.3 is 0 Å². The fourth-order valence-electron chi connectivity index (χ4n) is 2.21. The van der Waals surface area contributed by atoms with Crippen LogP contribution in [0.2, 0.25) is 0 Å². The highest BCUT2D eigenvalue weighted by Gasteiger charge is 2.32. The summed E-state index contributed by atoms with van der Waals surface area (Å²) in [5.41, 5.74) is 0.515. The molecule has 1 fully saturated rings. The van der Waals surface area contributed by atoms with Crippen molar-refractivity contribution in [2.45, 2.75) is 12.1 Å². The van der Waals surface area contributed by atoms with Crippen LogP contribution in [-0.2, 0) is 0 Å². The number of likely N-dealkylation sites (N-methyl/N-ethyl adjacent to an activating group) is 1. The van der Waals surface area contributed by atoms with E-state index in [-0.39, 0.29) is 11.9 Å². The Morgan fingerprint density at radius 2 is 2.17 bits per heavy atom. The van der Waals surface area contributed by atoms with Crippen molar-refractivity contribution in [3.63, 3.8) is 0 Å². The van der Waals surface area contributed by atoms with Crippen molar-refractivity contribution in [2.24, 2.45) is 0 Å². The zero-order valence-corrected chi connectivity index (χ0v) is 10.6. The van der Waals surface area contributed by atoms with E-state index < -0.39 is 6.10 Å². The van der Waals surface area contributed by atoms with Crippen molar-refractivity contribution in [2.75, 3.05) is 27.2 Å². The molecular weight excluding hydrogens is 232 g/mol. The number of aliphatic hydroxyl groups excluding tert-OH is 1. The molecule has 1 aliphatic heterocycles. The third-order valence-electron chi connectivity index (χ3n) is 3.31. The number of methoxy groups -OCH3 is 1. The number of hydrogen-bond acceptors (Lipinski definition) is 4. The third-order valence-corrected chi connectivity index (χ3v) is 3.31. The first-order chi connectivity index (χ1) is 8.65. The van der Waals surface area contributed by atoms with Crippen molar-refractivity contribution >= 4 is 5.91 Å². The van der Waals surface area contributed by atoms with Crippen LogP contribution in [0, 0.1) is 0 Å². The van der Waals surface area contributed by atoms with Gasteiger partial charge in [0.15, 0.2) is 0 Å². The normalized spacial score (nSPS) is 22.8. The first-order valence-corrected chi connectivity index (χ1v) is 5.94. The van der Waals surface area contributed by atoms with Gasteiger partial charge in [0.2, 0.25) is 0 Å². The summed E-state index contributed by atoms with van der Waals surface area (Å²) in [6.07, 6.45) is -0.520.